The first-order valence-corrected chi connectivity index (χ1v) is 10.4. The molecule has 0 aromatic heterocycles. The minimum atomic E-state index is -4.66. The number of nitro groups is 1. The van der Waals surface area contributed by atoms with Crippen LogP contribution in [0.1, 0.15) is 29.8 Å². The summed E-state index contributed by atoms with van der Waals surface area (Å²) in [6, 6.07) is 9.90. The number of nitrogens with zero attached hydrogens (tertiary/aromatic N) is 4. The highest BCUT2D eigenvalue weighted by Gasteiger charge is 2.34. The fourth-order valence-corrected chi connectivity index (χ4v) is 3.85. The van der Waals surface area contributed by atoms with Gasteiger partial charge in [-0.25, -0.2) is 0 Å². The summed E-state index contributed by atoms with van der Waals surface area (Å²) in [7, 11) is 0. The fourth-order valence-electron chi connectivity index (χ4n) is 3.85. The molecular formula is C22H25F3N4O3. The van der Waals surface area contributed by atoms with E-state index >= 15 is 0 Å². The van der Waals surface area contributed by atoms with Gasteiger partial charge in [0.25, 0.3) is 11.6 Å². The number of carbonyl (C=O) groups is 1. The lowest BCUT2D eigenvalue weighted by Gasteiger charge is -2.36. The Morgan fingerprint density at radius 2 is 1.62 bits per heavy atom. The highest BCUT2D eigenvalue weighted by Crippen LogP contribution is 2.36. The number of anilines is 2. The molecule has 2 aromatic rings. The molecule has 1 saturated heterocycles. The molecule has 0 N–H and O–H groups in total. The second-order valence-electron chi connectivity index (χ2n) is 7.46. The molecule has 0 unspecified atom stereocenters. The zero-order valence-corrected chi connectivity index (χ0v) is 17.9. The Labute approximate surface area is 184 Å². The molecular weight excluding hydrogens is 425 g/mol. The van der Waals surface area contributed by atoms with Gasteiger partial charge in [-0.15, -0.1) is 0 Å². The van der Waals surface area contributed by atoms with Crippen LogP contribution in [0.3, 0.4) is 0 Å². The average Bonchev–Trinajstić information content (AvgIpc) is 2.79. The molecule has 0 bridgehead atoms. The number of carbonyl (C=O) groups excluding carboxylic acids is 1. The van der Waals surface area contributed by atoms with Gasteiger partial charge in [-0.2, -0.15) is 13.2 Å². The van der Waals surface area contributed by atoms with E-state index in [1.54, 1.807) is 21.9 Å². The van der Waals surface area contributed by atoms with Gasteiger partial charge in [0.1, 0.15) is 5.69 Å². The van der Waals surface area contributed by atoms with E-state index in [0.717, 1.165) is 30.9 Å². The number of alkyl halides is 3. The predicted molar refractivity (Wildman–Crippen MR) is 116 cm³/mol. The number of halogens is 3. The van der Waals surface area contributed by atoms with Crippen molar-refractivity contribution >= 4 is 23.0 Å². The molecule has 1 aliphatic heterocycles. The van der Waals surface area contributed by atoms with Crippen LogP contribution in [0, 0.1) is 10.1 Å². The Hall–Kier alpha value is -3.30. The zero-order valence-electron chi connectivity index (χ0n) is 17.9. The van der Waals surface area contributed by atoms with E-state index in [-0.39, 0.29) is 24.7 Å². The second kappa shape index (κ2) is 9.46. The van der Waals surface area contributed by atoms with Crippen molar-refractivity contribution in [3.63, 3.8) is 0 Å². The summed E-state index contributed by atoms with van der Waals surface area (Å²) < 4.78 is 38.8. The van der Waals surface area contributed by atoms with Crippen molar-refractivity contribution < 1.29 is 22.9 Å². The molecule has 32 heavy (non-hydrogen) atoms. The molecule has 0 saturated carbocycles. The molecule has 1 fully saturated rings. The summed E-state index contributed by atoms with van der Waals surface area (Å²) in [5.41, 5.74) is 0.0565. The molecule has 3 rings (SSSR count). The molecule has 1 aliphatic rings. The minimum Gasteiger partial charge on any atom is -0.372 e. The topological polar surface area (TPSA) is 69.9 Å². The highest BCUT2D eigenvalue weighted by molar-refractivity contribution is 5.94. The number of piperazine rings is 1. The number of benzene rings is 2. The van der Waals surface area contributed by atoms with Gasteiger partial charge in [-0.1, -0.05) is 0 Å². The Balaban J connectivity index is 1.70. The molecule has 2 aromatic carbocycles. The smallest absolute Gasteiger partial charge is 0.372 e. The van der Waals surface area contributed by atoms with Crippen molar-refractivity contribution in [3.05, 3.63) is 63.7 Å². The Bertz CT molecular complexity index is 967. The van der Waals surface area contributed by atoms with Crippen molar-refractivity contribution in [2.45, 2.75) is 20.0 Å². The van der Waals surface area contributed by atoms with Crippen molar-refractivity contribution in [1.82, 2.24) is 4.90 Å². The summed E-state index contributed by atoms with van der Waals surface area (Å²) in [5.74, 6) is -0.141. The quantitative estimate of drug-likeness (QED) is 0.481. The van der Waals surface area contributed by atoms with E-state index in [4.69, 9.17) is 0 Å². The van der Waals surface area contributed by atoms with E-state index in [1.165, 1.54) is 0 Å². The van der Waals surface area contributed by atoms with Crippen LogP contribution in [0.25, 0.3) is 0 Å². The van der Waals surface area contributed by atoms with Crippen LogP contribution in [0.15, 0.2) is 42.5 Å². The maximum absolute atomic E-state index is 12.9. The first-order chi connectivity index (χ1) is 15.2. The van der Waals surface area contributed by atoms with Gasteiger partial charge in [0.05, 0.1) is 10.5 Å². The molecule has 1 heterocycles. The van der Waals surface area contributed by atoms with Crippen LogP contribution >= 0.6 is 0 Å². The van der Waals surface area contributed by atoms with Gasteiger partial charge in [0.15, 0.2) is 0 Å². The average molecular weight is 450 g/mol. The lowest BCUT2D eigenvalue weighted by molar-refractivity contribution is -0.384. The molecule has 0 atom stereocenters. The largest absolute Gasteiger partial charge is 0.416 e. The van der Waals surface area contributed by atoms with E-state index in [9.17, 15) is 28.1 Å². The highest BCUT2D eigenvalue weighted by atomic mass is 19.4. The van der Waals surface area contributed by atoms with Crippen molar-refractivity contribution in [2.75, 3.05) is 49.1 Å². The fraction of sp³-hybridized carbons (Fsp3) is 0.409. The molecule has 0 radical (unpaired) electrons. The standard InChI is InChI=1S/C22H25F3N4O3/c1-3-26(4-2)18-8-5-16(6-9-18)21(30)28-13-11-27(12-14-28)19-10-7-17(22(23,24)25)15-20(19)29(31)32/h5-10,15H,3-4,11-14H2,1-2H3. The molecule has 7 nitrogen and oxygen atoms in total. The van der Waals surface area contributed by atoms with Crippen molar-refractivity contribution in [3.8, 4) is 0 Å². The molecule has 0 spiro atoms. The van der Waals surface area contributed by atoms with Gasteiger partial charge in [0, 0.05) is 56.6 Å². The molecule has 10 heteroatoms. The van der Waals surface area contributed by atoms with Crippen LogP contribution in [-0.2, 0) is 6.18 Å². The zero-order chi connectivity index (χ0) is 23.5. The SMILES string of the molecule is CCN(CC)c1ccc(C(=O)N2CCN(c3ccc(C(F)(F)F)cc3[N+](=O)[O-])CC2)cc1. The van der Waals surface area contributed by atoms with Gasteiger partial charge in [-0.05, 0) is 50.2 Å². The van der Waals surface area contributed by atoms with E-state index < -0.39 is 22.4 Å². The normalized spacial score (nSPS) is 14.4. The summed E-state index contributed by atoms with van der Waals surface area (Å²) in [5, 5.41) is 11.4. The minimum absolute atomic E-state index is 0.124. The molecule has 172 valence electrons. The Kier molecular flexibility index (Phi) is 6.90. The third-order valence-electron chi connectivity index (χ3n) is 5.65. The summed E-state index contributed by atoms with van der Waals surface area (Å²) in [4.78, 5) is 28.9. The Morgan fingerprint density at radius 3 is 2.12 bits per heavy atom. The second-order valence-corrected chi connectivity index (χ2v) is 7.46. The van der Waals surface area contributed by atoms with Crippen LogP contribution in [0.5, 0.6) is 0 Å². The van der Waals surface area contributed by atoms with E-state index in [0.29, 0.717) is 24.7 Å². The third kappa shape index (κ3) is 4.95. The van der Waals surface area contributed by atoms with E-state index in [1.807, 2.05) is 12.1 Å². The van der Waals surface area contributed by atoms with Crippen molar-refractivity contribution in [2.24, 2.45) is 0 Å². The predicted octanol–water partition coefficient (Wildman–Crippen LogP) is 4.42. The van der Waals surface area contributed by atoms with Gasteiger partial charge in [0.2, 0.25) is 0 Å². The summed E-state index contributed by atoms with van der Waals surface area (Å²) in [6.07, 6.45) is -4.66. The number of hydrogen-bond donors (Lipinski definition) is 0. The third-order valence-corrected chi connectivity index (χ3v) is 5.65. The molecule has 0 aliphatic carbocycles. The Morgan fingerprint density at radius 1 is 1.03 bits per heavy atom. The maximum atomic E-state index is 12.9. The van der Waals surface area contributed by atoms with Gasteiger partial charge >= 0.3 is 6.18 Å². The van der Waals surface area contributed by atoms with Crippen LogP contribution in [0.2, 0.25) is 0 Å². The van der Waals surface area contributed by atoms with Gasteiger partial charge < -0.3 is 14.7 Å². The lowest BCUT2D eigenvalue weighted by atomic mass is 10.1. The van der Waals surface area contributed by atoms with Crippen molar-refractivity contribution in [1.29, 1.82) is 0 Å². The number of rotatable bonds is 6. The number of nitro benzene ring substituents is 1. The number of amides is 1. The summed E-state index contributed by atoms with van der Waals surface area (Å²) >= 11 is 0. The first-order valence-electron chi connectivity index (χ1n) is 10.4. The first kappa shape index (κ1) is 23.4. The number of hydrogen-bond acceptors (Lipinski definition) is 5. The summed E-state index contributed by atoms with van der Waals surface area (Å²) in [6.45, 7) is 7.05. The van der Waals surface area contributed by atoms with Crippen LogP contribution in [-0.4, -0.2) is 55.0 Å². The van der Waals surface area contributed by atoms with Crippen LogP contribution in [0.4, 0.5) is 30.2 Å². The van der Waals surface area contributed by atoms with Crippen LogP contribution < -0.4 is 9.80 Å². The maximum Gasteiger partial charge on any atom is 0.416 e. The monoisotopic (exact) mass is 450 g/mol. The van der Waals surface area contributed by atoms with Gasteiger partial charge in [-0.3, -0.25) is 14.9 Å². The lowest BCUT2D eigenvalue weighted by Crippen LogP contribution is -2.49. The molecule has 1 amide bonds. The van der Waals surface area contributed by atoms with E-state index in [2.05, 4.69) is 18.7 Å².